The minimum absolute atomic E-state index is 0.0688. The monoisotopic (exact) mass is 363 g/mol. The Morgan fingerprint density at radius 2 is 2.00 bits per heavy atom. The summed E-state index contributed by atoms with van der Waals surface area (Å²) >= 11 is 5.91. The topological polar surface area (TPSA) is 97.4 Å². The second-order valence-corrected chi connectivity index (χ2v) is 5.80. The van der Waals surface area contributed by atoms with E-state index in [9.17, 15) is 14.4 Å². The number of carbonyl (C=O) groups is 3. The highest BCUT2D eigenvalue weighted by molar-refractivity contribution is 6.30. The summed E-state index contributed by atoms with van der Waals surface area (Å²) in [6.45, 7) is 3.13. The summed E-state index contributed by atoms with van der Waals surface area (Å²) in [6, 6.07) is 7.61. The van der Waals surface area contributed by atoms with E-state index in [0.717, 1.165) is 6.42 Å². The highest BCUT2D eigenvalue weighted by Gasteiger charge is 2.16. The summed E-state index contributed by atoms with van der Waals surface area (Å²) in [6.07, 6.45) is 0.729. The molecule has 0 bridgehead atoms. The Morgan fingerprint density at radius 3 is 2.72 bits per heavy atom. The molecule has 7 nitrogen and oxygen atoms in total. The van der Waals surface area contributed by atoms with Gasteiger partial charge in [-0.25, -0.2) is 14.6 Å². The lowest BCUT2D eigenvalue weighted by Gasteiger charge is -2.12. The van der Waals surface area contributed by atoms with Gasteiger partial charge in [-0.05, 0) is 25.5 Å². The van der Waals surface area contributed by atoms with Crippen molar-refractivity contribution in [2.45, 2.75) is 26.3 Å². The van der Waals surface area contributed by atoms with Crippen LogP contribution in [0.3, 0.4) is 0 Å². The van der Waals surface area contributed by atoms with Crippen LogP contribution >= 0.6 is 11.6 Å². The molecule has 0 unspecified atom stereocenters. The van der Waals surface area contributed by atoms with Crippen molar-refractivity contribution in [2.24, 2.45) is 0 Å². The number of ether oxygens (including phenoxy) is 1. The fourth-order valence-corrected chi connectivity index (χ4v) is 2.25. The number of halogens is 1. The molecule has 2 N–H and O–H groups in total. The van der Waals surface area contributed by atoms with Crippen molar-refractivity contribution in [1.82, 2.24) is 15.6 Å². The first-order chi connectivity index (χ1) is 11.9. The number of pyridine rings is 1. The molecular weight excluding hydrogens is 346 g/mol. The highest BCUT2D eigenvalue weighted by atomic mass is 35.5. The van der Waals surface area contributed by atoms with Gasteiger partial charge in [-0.2, -0.15) is 0 Å². The maximum atomic E-state index is 12.2. The summed E-state index contributed by atoms with van der Waals surface area (Å²) in [5.74, 6) is -1.45. The average Bonchev–Trinajstić information content (AvgIpc) is 2.58. The van der Waals surface area contributed by atoms with E-state index >= 15 is 0 Å². The molecule has 0 aliphatic heterocycles. The number of hydrogen-bond donors (Lipinski definition) is 2. The maximum absolute atomic E-state index is 12.2. The molecule has 1 aromatic carbocycles. The zero-order chi connectivity index (χ0) is 18.4. The van der Waals surface area contributed by atoms with Gasteiger partial charge < -0.3 is 10.1 Å². The molecule has 8 heteroatoms. The fourth-order valence-electron chi connectivity index (χ4n) is 2.05. The van der Waals surface area contributed by atoms with Crippen LogP contribution in [0.25, 0.3) is 10.9 Å². The van der Waals surface area contributed by atoms with E-state index < -0.39 is 24.5 Å². The van der Waals surface area contributed by atoms with E-state index in [4.69, 9.17) is 16.3 Å². The molecule has 0 saturated heterocycles. The lowest BCUT2D eigenvalue weighted by atomic mass is 10.1. The number of carbonyl (C=O) groups excluding carboxylic acids is 3. The van der Waals surface area contributed by atoms with E-state index in [1.807, 2.05) is 13.8 Å². The third-order valence-electron chi connectivity index (χ3n) is 3.48. The second kappa shape index (κ2) is 8.43. The molecule has 3 amide bonds. The van der Waals surface area contributed by atoms with E-state index in [0.29, 0.717) is 10.9 Å². The fraction of sp³-hybridized carbons (Fsp3) is 0.294. The molecule has 0 saturated carbocycles. The van der Waals surface area contributed by atoms with Crippen LogP contribution in [0, 0.1) is 0 Å². The lowest BCUT2D eigenvalue weighted by molar-refractivity contribution is -0.123. The Morgan fingerprint density at radius 1 is 1.28 bits per heavy atom. The molecule has 1 aromatic heterocycles. The zero-order valence-electron chi connectivity index (χ0n) is 13.8. The van der Waals surface area contributed by atoms with Gasteiger partial charge in [-0.1, -0.05) is 36.7 Å². The Labute approximate surface area is 149 Å². The molecule has 0 spiro atoms. The number of rotatable bonds is 5. The highest BCUT2D eigenvalue weighted by Crippen LogP contribution is 2.21. The van der Waals surface area contributed by atoms with Crippen LogP contribution in [0.5, 0.6) is 0 Å². The smallest absolute Gasteiger partial charge is 0.339 e. The van der Waals surface area contributed by atoms with Crippen molar-refractivity contribution in [1.29, 1.82) is 0 Å². The average molecular weight is 364 g/mol. The Bertz CT molecular complexity index is 810. The van der Waals surface area contributed by atoms with Gasteiger partial charge in [-0.15, -0.1) is 0 Å². The van der Waals surface area contributed by atoms with Gasteiger partial charge in [0.25, 0.3) is 5.91 Å². The third kappa shape index (κ3) is 5.15. The number of nitrogens with zero attached hydrogens (tertiary/aromatic N) is 1. The number of imide groups is 1. The van der Waals surface area contributed by atoms with Crippen molar-refractivity contribution in [3.63, 3.8) is 0 Å². The number of para-hydroxylation sites is 1. The van der Waals surface area contributed by atoms with E-state index in [1.54, 1.807) is 24.3 Å². The number of hydrogen-bond acceptors (Lipinski definition) is 5. The number of amides is 3. The molecule has 2 rings (SSSR count). The van der Waals surface area contributed by atoms with Crippen LogP contribution in [0.15, 0.2) is 30.3 Å². The van der Waals surface area contributed by atoms with Crippen molar-refractivity contribution < 1.29 is 19.1 Å². The first-order valence-corrected chi connectivity index (χ1v) is 8.11. The normalized spacial score (nSPS) is 11.6. The van der Waals surface area contributed by atoms with Gasteiger partial charge in [0.15, 0.2) is 6.61 Å². The number of aromatic nitrogens is 1. The molecule has 0 radical (unpaired) electrons. The van der Waals surface area contributed by atoms with Gasteiger partial charge in [-0.3, -0.25) is 10.1 Å². The van der Waals surface area contributed by atoms with Crippen molar-refractivity contribution in [3.8, 4) is 0 Å². The summed E-state index contributed by atoms with van der Waals surface area (Å²) in [7, 11) is 0. The first kappa shape index (κ1) is 18.7. The van der Waals surface area contributed by atoms with E-state index in [1.165, 1.54) is 6.07 Å². The van der Waals surface area contributed by atoms with Gasteiger partial charge >= 0.3 is 12.0 Å². The van der Waals surface area contributed by atoms with Crippen LogP contribution in [0.1, 0.15) is 30.6 Å². The zero-order valence-corrected chi connectivity index (χ0v) is 14.6. The molecule has 1 heterocycles. The van der Waals surface area contributed by atoms with Gasteiger partial charge in [0.1, 0.15) is 5.15 Å². The number of urea groups is 1. The Balaban J connectivity index is 1.99. The molecule has 2 aromatic rings. The number of benzene rings is 1. The molecular formula is C17H18ClN3O4. The predicted molar refractivity (Wildman–Crippen MR) is 93.5 cm³/mol. The van der Waals surface area contributed by atoms with Crippen LogP contribution in [0.4, 0.5) is 4.79 Å². The number of esters is 1. The van der Waals surface area contributed by atoms with Crippen LogP contribution < -0.4 is 10.6 Å². The Hall–Kier alpha value is -2.67. The second-order valence-electron chi connectivity index (χ2n) is 5.42. The molecule has 0 aliphatic carbocycles. The molecule has 132 valence electrons. The summed E-state index contributed by atoms with van der Waals surface area (Å²) in [4.78, 5) is 39.6. The number of fused-ring (bicyclic) bond motifs is 1. The minimum Gasteiger partial charge on any atom is -0.452 e. The first-order valence-electron chi connectivity index (χ1n) is 7.73. The standard InChI is InChI=1S/C17H18ClN3O4/c1-3-10(2)19-17(24)21-15(22)9-25-16(23)12-8-14(18)20-13-7-5-4-6-11(12)13/h4-8,10H,3,9H2,1-2H3,(H2,19,21,22,24)/t10-/m0/s1. The third-order valence-corrected chi connectivity index (χ3v) is 3.68. The molecule has 0 aliphatic rings. The van der Waals surface area contributed by atoms with Gasteiger partial charge in [0, 0.05) is 11.4 Å². The van der Waals surface area contributed by atoms with E-state index in [-0.39, 0.29) is 16.8 Å². The largest absolute Gasteiger partial charge is 0.452 e. The lowest BCUT2D eigenvalue weighted by Crippen LogP contribution is -2.44. The summed E-state index contributed by atoms with van der Waals surface area (Å²) < 4.78 is 4.97. The van der Waals surface area contributed by atoms with Crippen LogP contribution in [0.2, 0.25) is 5.15 Å². The molecule has 1 atom stereocenters. The number of nitrogens with one attached hydrogen (secondary N) is 2. The molecule has 0 fully saturated rings. The van der Waals surface area contributed by atoms with Crippen molar-refractivity contribution in [3.05, 3.63) is 41.0 Å². The maximum Gasteiger partial charge on any atom is 0.339 e. The minimum atomic E-state index is -0.724. The van der Waals surface area contributed by atoms with Gasteiger partial charge in [0.2, 0.25) is 0 Å². The predicted octanol–water partition coefficient (Wildman–Crippen LogP) is 2.67. The van der Waals surface area contributed by atoms with Crippen molar-refractivity contribution >= 4 is 40.4 Å². The van der Waals surface area contributed by atoms with E-state index in [2.05, 4.69) is 15.6 Å². The molecule has 25 heavy (non-hydrogen) atoms. The van der Waals surface area contributed by atoms with Crippen LogP contribution in [-0.2, 0) is 9.53 Å². The van der Waals surface area contributed by atoms with Gasteiger partial charge in [0.05, 0.1) is 11.1 Å². The quantitative estimate of drug-likeness (QED) is 0.628. The van der Waals surface area contributed by atoms with Crippen molar-refractivity contribution in [2.75, 3.05) is 6.61 Å². The summed E-state index contributed by atoms with van der Waals surface area (Å²) in [5.41, 5.74) is 0.742. The SMILES string of the molecule is CC[C@H](C)NC(=O)NC(=O)COC(=O)c1cc(Cl)nc2ccccc12. The Kier molecular flexibility index (Phi) is 6.30. The summed E-state index contributed by atoms with van der Waals surface area (Å²) in [5, 5.41) is 5.37. The van der Waals surface area contributed by atoms with Crippen LogP contribution in [-0.4, -0.2) is 35.5 Å².